The first-order valence-corrected chi connectivity index (χ1v) is 14.4. The van der Waals surface area contributed by atoms with Crippen LogP contribution in [0.3, 0.4) is 0 Å². The number of hydrogen-bond acceptors (Lipinski definition) is 5. The molecule has 3 rings (SSSR count). The Kier molecular flexibility index (Phi) is 12.2. The number of unbranched alkanes of at least 4 members (excludes halogenated alkanes) is 10. The number of ether oxygens (including phenoxy) is 1. The molecule has 0 aliphatic carbocycles. The van der Waals surface area contributed by atoms with Crippen molar-refractivity contribution in [2.24, 2.45) is 0 Å². The Balaban J connectivity index is 1.88. The van der Waals surface area contributed by atoms with E-state index < -0.39 is 11.9 Å². The van der Waals surface area contributed by atoms with E-state index in [1.165, 1.54) is 38.5 Å². The van der Waals surface area contributed by atoms with Gasteiger partial charge in [0.05, 0.1) is 17.3 Å². The Morgan fingerprint density at radius 2 is 1.29 bits per heavy atom. The van der Waals surface area contributed by atoms with E-state index in [1.807, 2.05) is 36.4 Å². The summed E-state index contributed by atoms with van der Waals surface area (Å²) in [6.07, 6.45) is 16.3. The molecule has 0 fully saturated rings. The van der Waals surface area contributed by atoms with Crippen LogP contribution in [-0.2, 0) is 12.8 Å². The number of fused-ring (bicyclic) bond motifs is 1. The Labute approximate surface area is 226 Å². The fourth-order valence-electron chi connectivity index (χ4n) is 4.99. The molecule has 0 bridgehead atoms. The molecule has 0 radical (unpaired) electrons. The highest BCUT2D eigenvalue weighted by molar-refractivity contribution is 6.06. The highest BCUT2D eigenvalue weighted by atomic mass is 16.5. The zero-order valence-corrected chi connectivity index (χ0v) is 23.0. The van der Waals surface area contributed by atoms with Gasteiger partial charge in [0.1, 0.15) is 0 Å². The molecule has 6 nitrogen and oxygen atoms in total. The fourth-order valence-corrected chi connectivity index (χ4v) is 4.99. The molecule has 0 spiro atoms. The lowest BCUT2D eigenvalue weighted by atomic mass is 9.90. The number of carbonyl (C=O) groups is 2. The number of esters is 1. The van der Waals surface area contributed by atoms with Gasteiger partial charge in [-0.3, -0.25) is 0 Å². The first kappa shape index (κ1) is 29.3. The third-order valence-electron chi connectivity index (χ3n) is 7.12. The van der Waals surface area contributed by atoms with Crippen LogP contribution >= 0.6 is 0 Å². The van der Waals surface area contributed by atoms with E-state index in [4.69, 9.17) is 4.74 Å². The molecule has 38 heavy (non-hydrogen) atoms. The van der Waals surface area contributed by atoms with Crippen molar-refractivity contribution in [2.75, 3.05) is 0 Å². The van der Waals surface area contributed by atoms with Crippen LogP contribution in [-0.4, -0.2) is 27.2 Å². The van der Waals surface area contributed by atoms with E-state index in [2.05, 4.69) is 24.0 Å². The van der Waals surface area contributed by atoms with Gasteiger partial charge in [-0.2, -0.15) is 5.10 Å². The van der Waals surface area contributed by atoms with Crippen molar-refractivity contribution < 1.29 is 19.4 Å². The molecule has 0 atom stereocenters. The standard InChI is InChI=1S/C32H42N2O4/c1-3-5-7-9-11-13-17-24-21-22-25(18-14-12-10-8-6-4-2)29(28(24)31(35)36)32(37)38-30-27-20-16-15-19-26(27)23-33-34-30/h15-16,19-23H,3-14,17-18H2,1-2H3,(H,35,36). The van der Waals surface area contributed by atoms with Crippen LogP contribution in [0.2, 0.25) is 0 Å². The number of carbonyl (C=O) groups excluding carboxylic acids is 1. The molecule has 0 saturated carbocycles. The zero-order valence-electron chi connectivity index (χ0n) is 23.0. The van der Waals surface area contributed by atoms with Gasteiger partial charge in [0, 0.05) is 10.8 Å². The molecule has 1 N–H and O–H groups in total. The van der Waals surface area contributed by atoms with Crippen LogP contribution in [0.4, 0.5) is 0 Å². The summed E-state index contributed by atoms with van der Waals surface area (Å²) < 4.78 is 5.75. The van der Waals surface area contributed by atoms with Gasteiger partial charge in [-0.25, -0.2) is 9.59 Å². The van der Waals surface area contributed by atoms with Crippen molar-refractivity contribution in [3.63, 3.8) is 0 Å². The van der Waals surface area contributed by atoms with Gasteiger partial charge in [0.25, 0.3) is 0 Å². The maximum atomic E-state index is 13.6. The second-order valence-electron chi connectivity index (χ2n) is 10.1. The summed E-state index contributed by atoms with van der Waals surface area (Å²) in [5, 5.41) is 19.7. The Bertz CT molecular complexity index is 1190. The molecule has 1 heterocycles. The predicted octanol–water partition coefficient (Wildman–Crippen LogP) is 8.35. The predicted molar refractivity (Wildman–Crippen MR) is 152 cm³/mol. The minimum atomic E-state index is -1.09. The zero-order chi connectivity index (χ0) is 27.2. The van der Waals surface area contributed by atoms with E-state index in [9.17, 15) is 14.7 Å². The Morgan fingerprint density at radius 3 is 1.89 bits per heavy atom. The number of carboxylic acids is 1. The molecular formula is C32H42N2O4. The van der Waals surface area contributed by atoms with E-state index in [0.717, 1.165) is 49.5 Å². The van der Waals surface area contributed by atoms with Gasteiger partial charge < -0.3 is 9.84 Å². The monoisotopic (exact) mass is 518 g/mol. The summed E-state index contributed by atoms with van der Waals surface area (Å²) >= 11 is 0. The lowest BCUT2D eigenvalue weighted by Crippen LogP contribution is -2.20. The number of nitrogens with zero attached hydrogens (tertiary/aromatic N) is 2. The number of rotatable bonds is 17. The summed E-state index contributed by atoms with van der Waals surface area (Å²) in [4.78, 5) is 26.2. The maximum absolute atomic E-state index is 13.6. The average Bonchev–Trinajstić information content (AvgIpc) is 2.92. The fraction of sp³-hybridized carbons (Fsp3) is 0.500. The van der Waals surface area contributed by atoms with Crippen LogP contribution in [0.25, 0.3) is 10.8 Å². The van der Waals surface area contributed by atoms with Gasteiger partial charge in [-0.15, -0.1) is 5.10 Å². The van der Waals surface area contributed by atoms with Crippen molar-refractivity contribution in [1.29, 1.82) is 0 Å². The van der Waals surface area contributed by atoms with E-state index in [-0.39, 0.29) is 17.0 Å². The number of aryl methyl sites for hydroxylation is 2. The SMILES string of the molecule is CCCCCCCCc1ccc(CCCCCCCC)c(C(=O)Oc2nncc3ccccc23)c1C(=O)O. The summed E-state index contributed by atoms with van der Waals surface area (Å²) in [6, 6.07) is 11.2. The Morgan fingerprint density at radius 1 is 0.737 bits per heavy atom. The second kappa shape index (κ2) is 15.9. The van der Waals surface area contributed by atoms with Gasteiger partial charge in [-0.1, -0.05) is 108 Å². The quantitative estimate of drug-likeness (QED) is 0.143. The minimum Gasteiger partial charge on any atom is -0.478 e. The topological polar surface area (TPSA) is 89.4 Å². The third kappa shape index (κ3) is 8.37. The summed E-state index contributed by atoms with van der Waals surface area (Å²) in [7, 11) is 0. The molecule has 6 heteroatoms. The van der Waals surface area contributed by atoms with Crippen molar-refractivity contribution in [3.05, 3.63) is 64.8 Å². The van der Waals surface area contributed by atoms with Crippen molar-refractivity contribution in [3.8, 4) is 5.88 Å². The second-order valence-corrected chi connectivity index (χ2v) is 10.1. The van der Waals surface area contributed by atoms with Crippen LogP contribution in [0.5, 0.6) is 5.88 Å². The molecule has 0 saturated heterocycles. The minimum absolute atomic E-state index is 0.0697. The molecule has 0 amide bonds. The van der Waals surface area contributed by atoms with Crippen molar-refractivity contribution in [2.45, 2.75) is 104 Å². The van der Waals surface area contributed by atoms with Crippen LogP contribution in [0.1, 0.15) is 123 Å². The number of benzene rings is 2. The van der Waals surface area contributed by atoms with E-state index in [0.29, 0.717) is 23.8 Å². The van der Waals surface area contributed by atoms with Gasteiger partial charge in [0.2, 0.25) is 5.88 Å². The molecule has 2 aromatic carbocycles. The van der Waals surface area contributed by atoms with E-state index >= 15 is 0 Å². The number of carboxylic acid groups (broad SMARTS) is 1. The first-order valence-electron chi connectivity index (χ1n) is 14.4. The molecule has 0 aliphatic rings. The van der Waals surface area contributed by atoms with Crippen LogP contribution < -0.4 is 4.74 Å². The molecule has 1 aromatic heterocycles. The van der Waals surface area contributed by atoms with Gasteiger partial charge >= 0.3 is 11.9 Å². The molecular weight excluding hydrogens is 476 g/mol. The van der Waals surface area contributed by atoms with Crippen molar-refractivity contribution in [1.82, 2.24) is 10.2 Å². The highest BCUT2D eigenvalue weighted by Gasteiger charge is 2.26. The van der Waals surface area contributed by atoms with Crippen molar-refractivity contribution >= 4 is 22.7 Å². The highest BCUT2D eigenvalue weighted by Crippen LogP contribution is 2.28. The van der Waals surface area contributed by atoms with Crippen LogP contribution in [0, 0.1) is 0 Å². The summed E-state index contributed by atoms with van der Waals surface area (Å²) in [5.74, 6) is -1.68. The third-order valence-corrected chi connectivity index (χ3v) is 7.12. The lowest BCUT2D eigenvalue weighted by molar-refractivity contribution is 0.0663. The smallest absolute Gasteiger partial charge is 0.346 e. The van der Waals surface area contributed by atoms with Gasteiger partial charge in [-0.05, 0) is 42.9 Å². The van der Waals surface area contributed by atoms with Crippen LogP contribution in [0.15, 0.2) is 42.6 Å². The molecule has 0 aliphatic heterocycles. The maximum Gasteiger partial charge on any atom is 0.346 e. The lowest BCUT2D eigenvalue weighted by Gasteiger charge is -2.16. The normalized spacial score (nSPS) is 11.1. The molecule has 3 aromatic rings. The summed E-state index contributed by atoms with van der Waals surface area (Å²) in [5.41, 5.74) is 1.64. The number of aromatic nitrogens is 2. The van der Waals surface area contributed by atoms with Gasteiger partial charge in [0.15, 0.2) is 0 Å². The molecule has 204 valence electrons. The average molecular weight is 519 g/mol. The molecule has 0 unspecified atom stereocenters. The first-order chi connectivity index (χ1) is 18.6. The largest absolute Gasteiger partial charge is 0.478 e. The number of hydrogen-bond donors (Lipinski definition) is 1. The Hall–Kier alpha value is -3.28. The summed E-state index contributed by atoms with van der Waals surface area (Å²) in [6.45, 7) is 4.38. The number of aromatic carboxylic acids is 1. The van der Waals surface area contributed by atoms with E-state index in [1.54, 1.807) is 6.20 Å².